The molecule has 2 rings (SSSR count). The molecule has 0 bridgehead atoms. The van der Waals surface area contributed by atoms with Crippen LogP contribution in [0.2, 0.25) is 0 Å². The average Bonchev–Trinajstić information content (AvgIpc) is 2.65. The van der Waals surface area contributed by atoms with Gasteiger partial charge in [0.2, 0.25) is 5.88 Å². The second-order valence-electron chi connectivity index (χ2n) is 5.86. The molecule has 0 aliphatic carbocycles. The lowest BCUT2D eigenvalue weighted by molar-refractivity contribution is 0.115. The number of rotatable bonds is 11. The van der Waals surface area contributed by atoms with Crippen LogP contribution in [0, 0.1) is 0 Å². The van der Waals surface area contributed by atoms with E-state index in [0.29, 0.717) is 19.1 Å². The van der Waals surface area contributed by atoms with Gasteiger partial charge in [0.1, 0.15) is 6.61 Å². The third-order valence-electron chi connectivity index (χ3n) is 4.13. The predicted octanol–water partition coefficient (Wildman–Crippen LogP) is 4.11. The van der Waals surface area contributed by atoms with Gasteiger partial charge >= 0.3 is 0 Å². The fourth-order valence-electron chi connectivity index (χ4n) is 2.54. The average molecular weight is 343 g/mol. The van der Waals surface area contributed by atoms with Crippen LogP contribution in [0.5, 0.6) is 5.88 Å². The van der Waals surface area contributed by atoms with Gasteiger partial charge in [-0.3, -0.25) is 0 Å². The van der Waals surface area contributed by atoms with Crippen LogP contribution in [-0.2, 0) is 4.84 Å². The molecule has 0 saturated carbocycles. The molecule has 0 saturated heterocycles. The van der Waals surface area contributed by atoms with E-state index in [-0.39, 0.29) is 0 Å². The second kappa shape index (κ2) is 10.7. The molecule has 0 aliphatic rings. The summed E-state index contributed by atoms with van der Waals surface area (Å²) >= 11 is 0. The first kappa shape index (κ1) is 19.2. The molecule has 0 amide bonds. The lowest BCUT2D eigenvalue weighted by atomic mass is 10.1. The summed E-state index contributed by atoms with van der Waals surface area (Å²) in [6.45, 7) is 10.6. The van der Waals surface area contributed by atoms with Gasteiger partial charge in [-0.25, -0.2) is 4.98 Å². The van der Waals surface area contributed by atoms with Crippen LogP contribution < -0.4 is 4.74 Å². The van der Waals surface area contributed by atoms with Gasteiger partial charge < -0.3 is 14.5 Å². The van der Waals surface area contributed by atoms with Gasteiger partial charge in [-0.2, -0.15) is 0 Å². The minimum atomic E-state index is 0.584. The Morgan fingerprint density at radius 1 is 1.12 bits per heavy atom. The maximum atomic E-state index is 5.76. The number of unbranched alkanes of at least 4 members (excludes halogenated alkanes) is 1. The molecule has 5 heteroatoms. The van der Waals surface area contributed by atoms with E-state index >= 15 is 0 Å². The van der Waals surface area contributed by atoms with Crippen molar-refractivity contribution in [1.29, 1.82) is 0 Å². The van der Waals surface area contributed by atoms with Gasteiger partial charge in [0.15, 0.2) is 0 Å². The zero-order chi connectivity index (χ0) is 17.9. The first-order valence-corrected chi connectivity index (χ1v) is 9.18. The monoisotopic (exact) mass is 343 g/mol. The van der Waals surface area contributed by atoms with Gasteiger partial charge in [-0.05, 0) is 25.6 Å². The number of fused-ring (bicyclic) bond motifs is 1. The number of benzene rings is 1. The molecule has 0 aliphatic heterocycles. The molecular weight excluding hydrogens is 314 g/mol. The van der Waals surface area contributed by atoms with Gasteiger partial charge in [-0.15, -0.1) is 0 Å². The van der Waals surface area contributed by atoms with E-state index in [4.69, 9.17) is 9.57 Å². The number of hydrogen-bond donors (Lipinski definition) is 0. The predicted molar refractivity (Wildman–Crippen MR) is 103 cm³/mol. The smallest absolute Gasteiger partial charge is 0.214 e. The van der Waals surface area contributed by atoms with Crippen molar-refractivity contribution in [2.24, 2.45) is 5.16 Å². The van der Waals surface area contributed by atoms with Crippen LogP contribution >= 0.6 is 0 Å². The molecule has 1 aromatic carbocycles. The molecule has 2 aromatic rings. The number of aromatic nitrogens is 1. The number of para-hydroxylation sites is 1. The van der Waals surface area contributed by atoms with E-state index < -0.39 is 0 Å². The minimum Gasteiger partial charge on any atom is -0.478 e. The van der Waals surface area contributed by atoms with Gasteiger partial charge in [-0.1, -0.05) is 50.5 Å². The van der Waals surface area contributed by atoms with Crippen molar-refractivity contribution >= 4 is 17.1 Å². The van der Waals surface area contributed by atoms with Crippen molar-refractivity contribution < 1.29 is 9.57 Å². The fourth-order valence-corrected chi connectivity index (χ4v) is 2.54. The van der Waals surface area contributed by atoms with Crippen molar-refractivity contribution in [2.45, 2.75) is 33.6 Å². The maximum Gasteiger partial charge on any atom is 0.214 e. The minimum absolute atomic E-state index is 0.584. The van der Waals surface area contributed by atoms with E-state index in [0.717, 1.165) is 48.9 Å². The van der Waals surface area contributed by atoms with Crippen LogP contribution in [0.4, 0.5) is 0 Å². The van der Waals surface area contributed by atoms with Crippen LogP contribution in [0.25, 0.3) is 10.9 Å². The number of hydrogen-bond acceptors (Lipinski definition) is 5. The summed E-state index contributed by atoms with van der Waals surface area (Å²) in [6, 6.07) is 9.93. The van der Waals surface area contributed by atoms with Gasteiger partial charge in [0.25, 0.3) is 0 Å². The van der Waals surface area contributed by atoms with Crippen molar-refractivity contribution in [3.8, 4) is 5.88 Å². The topological polar surface area (TPSA) is 47.0 Å². The Bertz CT molecular complexity index is 669. The van der Waals surface area contributed by atoms with Crippen molar-refractivity contribution in [1.82, 2.24) is 9.88 Å². The quantitative estimate of drug-likeness (QED) is 0.350. The Morgan fingerprint density at radius 2 is 1.92 bits per heavy atom. The number of likely N-dealkylation sites (N-methyl/N-ethyl adjacent to an activating group) is 1. The third-order valence-corrected chi connectivity index (χ3v) is 4.13. The van der Waals surface area contributed by atoms with Crippen LogP contribution in [0.1, 0.15) is 39.2 Å². The Kier molecular flexibility index (Phi) is 8.19. The number of oxime groups is 1. The molecule has 1 aromatic heterocycles. The number of ether oxygens (including phenoxy) is 1. The van der Waals surface area contributed by atoms with Crippen LogP contribution in [0.3, 0.4) is 0 Å². The van der Waals surface area contributed by atoms with Crippen LogP contribution in [0.15, 0.2) is 35.5 Å². The molecule has 5 nitrogen and oxygen atoms in total. The normalized spacial score (nSPS) is 11.5. The highest BCUT2D eigenvalue weighted by Crippen LogP contribution is 2.21. The Balaban J connectivity index is 2.05. The van der Waals surface area contributed by atoms with E-state index in [1.807, 2.05) is 30.3 Å². The number of nitrogens with zero attached hydrogens (tertiary/aromatic N) is 3. The molecule has 0 spiro atoms. The van der Waals surface area contributed by atoms with Crippen molar-refractivity contribution in [3.05, 3.63) is 35.9 Å². The van der Waals surface area contributed by atoms with Crippen LogP contribution in [-0.4, -0.2) is 48.9 Å². The molecule has 0 radical (unpaired) electrons. The Morgan fingerprint density at radius 3 is 2.68 bits per heavy atom. The molecule has 0 N–H and O–H groups in total. The molecule has 0 atom stereocenters. The lowest BCUT2D eigenvalue weighted by Crippen LogP contribution is -2.26. The highest BCUT2D eigenvalue weighted by atomic mass is 16.6. The van der Waals surface area contributed by atoms with Gasteiger partial charge in [0.05, 0.1) is 18.3 Å². The first-order valence-electron chi connectivity index (χ1n) is 9.18. The summed E-state index contributed by atoms with van der Waals surface area (Å²) in [5, 5.41) is 5.18. The fraction of sp³-hybridized carbons (Fsp3) is 0.500. The molecule has 0 unspecified atom stereocenters. The van der Waals surface area contributed by atoms with Crippen molar-refractivity contribution in [2.75, 3.05) is 32.8 Å². The lowest BCUT2D eigenvalue weighted by Gasteiger charge is -2.16. The summed E-state index contributed by atoms with van der Waals surface area (Å²) in [6.07, 6.45) is 3.87. The largest absolute Gasteiger partial charge is 0.478 e. The highest BCUT2D eigenvalue weighted by molar-refractivity contribution is 5.98. The first-order chi connectivity index (χ1) is 12.3. The summed E-state index contributed by atoms with van der Waals surface area (Å²) < 4.78 is 5.76. The van der Waals surface area contributed by atoms with E-state index in [1.165, 1.54) is 0 Å². The van der Waals surface area contributed by atoms with E-state index in [1.54, 1.807) is 6.21 Å². The summed E-state index contributed by atoms with van der Waals surface area (Å²) in [5.41, 5.74) is 1.86. The SMILES string of the molecule is CCCCOc1cc(/C=N\OCCN(CC)CC)c2ccccc2n1. The highest BCUT2D eigenvalue weighted by Gasteiger charge is 2.05. The molecule has 1 heterocycles. The summed E-state index contributed by atoms with van der Waals surface area (Å²) in [5.74, 6) is 0.636. The van der Waals surface area contributed by atoms with Crippen molar-refractivity contribution in [3.63, 3.8) is 0 Å². The number of pyridine rings is 1. The molecule has 25 heavy (non-hydrogen) atoms. The van der Waals surface area contributed by atoms with Gasteiger partial charge in [0, 0.05) is 23.6 Å². The van der Waals surface area contributed by atoms with E-state index in [9.17, 15) is 0 Å². The molecule has 0 fully saturated rings. The zero-order valence-electron chi connectivity index (χ0n) is 15.6. The second-order valence-corrected chi connectivity index (χ2v) is 5.86. The summed E-state index contributed by atoms with van der Waals surface area (Å²) in [7, 11) is 0. The zero-order valence-corrected chi connectivity index (χ0v) is 15.6. The third kappa shape index (κ3) is 6.02. The molecular formula is C20H29N3O2. The Hall–Kier alpha value is -2.14. The van der Waals surface area contributed by atoms with E-state index in [2.05, 4.69) is 35.8 Å². The standard InChI is InChI=1S/C20H29N3O2/c1-4-7-13-24-20-15-17(18-10-8-9-11-19(18)22-20)16-21-25-14-12-23(5-2)6-3/h8-11,15-16H,4-7,12-14H2,1-3H3/b21-16-. The molecule has 136 valence electrons. The summed E-state index contributed by atoms with van der Waals surface area (Å²) in [4.78, 5) is 12.3. The Labute approximate surface area is 150 Å². The maximum absolute atomic E-state index is 5.76.